The van der Waals surface area contributed by atoms with Gasteiger partial charge < -0.3 is 9.64 Å². The quantitative estimate of drug-likeness (QED) is 0.664. The molecule has 4 heterocycles. The van der Waals surface area contributed by atoms with E-state index in [4.69, 9.17) is 4.74 Å². The van der Waals surface area contributed by atoms with Crippen LogP contribution in [0, 0.1) is 13.8 Å². The molecule has 1 unspecified atom stereocenters. The minimum atomic E-state index is -4.47. The van der Waals surface area contributed by atoms with Gasteiger partial charge in [0.15, 0.2) is 0 Å². The van der Waals surface area contributed by atoms with Crippen LogP contribution in [0.25, 0.3) is 5.78 Å². The van der Waals surface area contributed by atoms with Crippen LogP contribution in [0.2, 0.25) is 0 Å². The third-order valence-corrected chi connectivity index (χ3v) is 4.59. The number of hydrogen-bond acceptors (Lipinski definition) is 6. The molecule has 4 rings (SSSR count). The number of likely N-dealkylation sites (tertiary alicyclic amines) is 1. The zero-order valence-corrected chi connectivity index (χ0v) is 15.6. The molecule has 0 bridgehead atoms. The van der Waals surface area contributed by atoms with Crippen molar-refractivity contribution in [1.82, 2.24) is 29.5 Å². The molecule has 1 amide bonds. The maximum absolute atomic E-state index is 12.8. The Balaban J connectivity index is 1.46. The van der Waals surface area contributed by atoms with E-state index in [9.17, 15) is 18.0 Å². The van der Waals surface area contributed by atoms with Crippen LogP contribution in [-0.4, -0.2) is 54.6 Å². The van der Waals surface area contributed by atoms with Crippen molar-refractivity contribution in [3.05, 3.63) is 47.2 Å². The largest absolute Gasteiger partial charge is 0.472 e. The van der Waals surface area contributed by atoms with Crippen molar-refractivity contribution in [2.75, 3.05) is 13.1 Å². The third-order valence-electron chi connectivity index (χ3n) is 4.59. The number of fused-ring (bicyclic) bond motifs is 1. The Hall–Kier alpha value is -3.24. The molecular formula is C18H17F3N6O2. The summed E-state index contributed by atoms with van der Waals surface area (Å²) in [6, 6.07) is 3.56. The van der Waals surface area contributed by atoms with E-state index in [-0.39, 0.29) is 24.2 Å². The molecule has 8 nitrogen and oxygen atoms in total. The molecule has 0 aliphatic carbocycles. The molecule has 29 heavy (non-hydrogen) atoms. The van der Waals surface area contributed by atoms with Crippen LogP contribution in [0.3, 0.4) is 0 Å². The van der Waals surface area contributed by atoms with Gasteiger partial charge in [-0.2, -0.15) is 18.2 Å². The minimum Gasteiger partial charge on any atom is -0.472 e. The molecule has 0 N–H and O–H groups in total. The van der Waals surface area contributed by atoms with Crippen molar-refractivity contribution in [2.45, 2.75) is 32.5 Å². The average molecular weight is 406 g/mol. The van der Waals surface area contributed by atoms with Gasteiger partial charge in [0.25, 0.3) is 11.7 Å². The van der Waals surface area contributed by atoms with Crippen LogP contribution >= 0.6 is 0 Å². The fourth-order valence-corrected chi connectivity index (χ4v) is 3.23. The van der Waals surface area contributed by atoms with Crippen molar-refractivity contribution in [3.63, 3.8) is 0 Å². The summed E-state index contributed by atoms with van der Waals surface area (Å²) in [5.41, 5.74) is 0.738. The number of nitrogens with zero attached hydrogens (tertiary/aromatic N) is 6. The van der Waals surface area contributed by atoms with Gasteiger partial charge in [0.05, 0.1) is 12.1 Å². The zero-order chi connectivity index (χ0) is 20.8. The second kappa shape index (κ2) is 6.98. The molecule has 11 heteroatoms. The fraction of sp³-hybridized carbons (Fsp3) is 0.389. The van der Waals surface area contributed by atoms with E-state index in [1.54, 1.807) is 0 Å². The Morgan fingerprint density at radius 3 is 2.79 bits per heavy atom. The van der Waals surface area contributed by atoms with Crippen molar-refractivity contribution in [3.8, 4) is 5.88 Å². The van der Waals surface area contributed by atoms with Crippen LogP contribution in [0.4, 0.5) is 13.2 Å². The molecule has 3 aromatic heterocycles. The number of aromatic nitrogens is 5. The first-order chi connectivity index (χ1) is 13.7. The second-order valence-electron chi connectivity index (χ2n) is 6.85. The lowest BCUT2D eigenvalue weighted by atomic mass is 10.2. The maximum atomic E-state index is 12.8. The van der Waals surface area contributed by atoms with Gasteiger partial charge in [-0.1, -0.05) is 0 Å². The van der Waals surface area contributed by atoms with E-state index < -0.39 is 17.8 Å². The van der Waals surface area contributed by atoms with E-state index >= 15 is 0 Å². The first-order valence-electron chi connectivity index (χ1n) is 8.91. The number of carbonyl (C=O) groups is 1. The molecule has 1 aliphatic heterocycles. The Morgan fingerprint density at radius 1 is 1.24 bits per heavy atom. The summed E-state index contributed by atoms with van der Waals surface area (Å²) >= 11 is 0. The van der Waals surface area contributed by atoms with Gasteiger partial charge in [-0.15, -0.1) is 5.10 Å². The van der Waals surface area contributed by atoms with Gasteiger partial charge >= 0.3 is 6.18 Å². The highest BCUT2D eigenvalue weighted by molar-refractivity contribution is 5.91. The number of halogens is 3. The first kappa shape index (κ1) is 19.1. The number of alkyl halides is 3. The molecule has 1 aliphatic rings. The molecule has 0 aromatic carbocycles. The number of aryl methyl sites for hydroxylation is 2. The number of amides is 1. The van der Waals surface area contributed by atoms with Gasteiger partial charge in [0.2, 0.25) is 11.7 Å². The normalized spacial score (nSPS) is 17.1. The monoisotopic (exact) mass is 406 g/mol. The lowest BCUT2D eigenvalue weighted by Crippen LogP contribution is -2.31. The Kier molecular flexibility index (Phi) is 4.59. The third kappa shape index (κ3) is 3.84. The van der Waals surface area contributed by atoms with Gasteiger partial charge in [-0.3, -0.25) is 4.79 Å². The van der Waals surface area contributed by atoms with Crippen molar-refractivity contribution in [2.24, 2.45) is 0 Å². The summed E-state index contributed by atoms with van der Waals surface area (Å²) in [4.78, 5) is 26.5. The number of carbonyl (C=O) groups excluding carboxylic acids is 1. The molecule has 0 saturated carbocycles. The van der Waals surface area contributed by atoms with Crippen LogP contribution in [-0.2, 0) is 6.18 Å². The van der Waals surface area contributed by atoms with Crippen LogP contribution < -0.4 is 4.74 Å². The van der Waals surface area contributed by atoms with Crippen molar-refractivity contribution >= 4 is 11.7 Å². The average Bonchev–Trinajstić information content (AvgIpc) is 3.28. The highest BCUT2D eigenvalue weighted by atomic mass is 19.4. The van der Waals surface area contributed by atoms with Gasteiger partial charge in [-0.05, 0) is 26.0 Å². The Bertz CT molecular complexity index is 1080. The van der Waals surface area contributed by atoms with E-state index in [0.717, 1.165) is 29.7 Å². The highest BCUT2D eigenvalue weighted by Gasteiger charge is 2.33. The van der Waals surface area contributed by atoms with E-state index in [1.165, 1.54) is 9.42 Å². The predicted octanol–water partition coefficient (Wildman–Crippen LogP) is 2.45. The van der Waals surface area contributed by atoms with Gasteiger partial charge in [0.1, 0.15) is 6.10 Å². The Morgan fingerprint density at radius 2 is 2.03 bits per heavy atom. The summed E-state index contributed by atoms with van der Waals surface area (Å²) in [6.07, 6.45) is -3.42. The highest BCUT2D eigenvalue weighted by Crippen LogP contribution is 2.31. The van der Waals surface area contributed by atoms with Crippen LogP contribution in [0.5, 0.6) is 5.88 Å². The van der Waals surface area contributed by atoms with E-state index in [0.29, 0.717) is 18.7 Å². The molecular weight excluding hydrogens is 389 g/mol. The molecule has 0 radical (unpaired) electrons. The van der Waals surface area contributed by atoms with Crippen LogP contribution in [0.1, 0.15) is 34.0 Å². The number of pyridine rings is 1. The summed E-state index contributed by atoms with van der Waals surface area (Å²) < 4.78 is 45.5. The van der Waals surface area contributed by atoms with Crippen molar-refractivity contribution < 1.29 is 22.7 Å². The minimum absolute atomic E-state index is 0.0176. The Labute approximate surface area is 163 Å². The van der Waals surface area contributed by atoms with Gasteiger partial charge in [0, 0.05) is 36.6 Å². The first-order valence-corrected chi connectivity index (χ1v) is 8.91. The van der Waals surface area contributed by atoms with E-state index in [2.05, 4.69) is 20.1 Å². The number of hydrogen-bond donors (Lipinski definition) is 0. The van der Waals surface area contributed by atoms with Crippen molar-refractivity contribution in [1.29, 1.82) is 0 Å². The number of ether oxygens (including phenoxy) is 1. The number of rotatable bonds is 3. The molecule has 0 spiro atoms. The SMILES string of the molecule is Cc1cc(C)n2nc(C(=O)N3CCC(Oc4cc(C(F)(F)F)ccn4)C3)nc2n1. The summed E-state index contributed by atoms with van der Waals surface area (Å²) in [7, 11) is 0. The molecule has 1 fully saturated rings. The van der Waals surface area contributed by atoms with Crippen LogP contribution in [0.15, 0.2) is 24.4 Å². The van der Waals surface area contributed by atoms with E-state index in [1.807, 2.05) is 19.9 Å². The standard InChI is InChI=1S/C18H17F3N6O2/c1-10-7-11(2)27-17(23-10)24-15(25-27)16(28)26-6-4-13(9-26)29-14-8-12(3-5-22-14)18(19,20)21/h3,5,7-8,13H,4,6,9H2,1-2H3. The molecule has 3 aromatic rings. The summed E-state index contributed by atoms with van der Waals surface area (Å²) in [5.74, 6) is -0.147. The lowest BCUT2D eigenvalue weighted by molar-refractivity contribution is -0.137. The maximum Gasteiger partial charge on any atom is 0.416 e. The predicted molar refractivity (Wildman–Crippen MR) is 94.4 cm³/mol. The zero-order valence-electron chi connectivity index (χ0n) is 15.6. The lowest BCUT2D eigenvalue weighted by Gasteiger charge is -2.16. The summed E-state index contributed by atoms with van der Waals surface area (Å²) in [6.45, 7) is 4.25. The molecule has 1 saturated heterocycles. The fourth-order valence-electron chi connectivity index (χ4n) is 3.23. The molecule has 152 valence electrons. The smallest absolute Gasteiger partial charge is 0.416 e. The summed E-state index contributed by atoms with van der Waals surface area (Å²) in [5, 5.41) is 4.22. The molecule has 1 atom stereocenters. The second-order valence-corrected chi connectivity index (χ2v) is 6.85. The topological polar surface area (TPSA) is 85.5 Å². The van der Waals surface area contributed by atoms with Gasteiger partial charge in [-0.25, -0.2) is 14.5 Å².